The van der Waals surface area contributed by atoms with Crippen LogP contribution in [0.3, 0.4) is 0 Å². The van der Waals surface area contributed by atoms with Crippen LogP contribution in [0.25, 0.3) is 0 Å². The van der Waals surface area contributed by atoms with Gasteiger partial charge in [0.05, 0.1) is 19.3 Å². The van der Waals surface area contributed by atoms with Crippen molar-refractivity contribution < 1.29 is 22.6 Å². The lowest BCUT2D eigenvalue weighted by atomic mass is 10.1. The maximum atomic E-state index is 12.3. The molecule has 3 nitrogen and oxygen atoms in total. The number of nitrogens with two attached hydrogens (primary N) is 1. The summed E-state index contributed by atoms with van der Waals surface area (Å²) in [7, 11) is 0. The van der Waals surface area contributed by atoms with Crippen LogP contribution in [0.1, 0.15) is 25.5 Å². The quantitative estimate of drug-likeness (QED) is 0.869. The summed E-state index contributed by atoms with van der Waals surface area (Å²) in [6.07, 6.45) is -6.21. The van der Waals surface area contributed by atoms with Crippen LogP contribution < -0.4 is 10.5 Å². The lowest BCUT2D eigenvalue weighted by molar-refractivity contribution is -0.215. The summed E-state index contributed by atoms with van der Waals surface area (Å²) in [5, 5.41) is 0. The first kappa shape index (κ1) is 15.8. The summed E-state index contributed by atoms with van der Waals surface area (Å²) < 4.78 is 47.1. The molecule has 0 saturated carbocycles. The summed E-state index contributed by atoms with van der Waals surface area (Å²) in [5.41, 5.74) is 6.48. The van der Waals surface area contributed by atoms with Crippen molar-refractivity contribution in [1.82, 2.24) is 0 Å². The molecule has 0 aliphatic rings. The molecule has 0 saturated heterocycles. The predicted octanol–water partition coefficient (Wildman–Crippen LogP) is 3.05. The summed E-state index contributed by atoms with van der Waals surface area (Å²) >= 11 is 0. The largest absolute Gasteiger partial charge is 0.494 e. The monoisotopic (exact) mass is 277 g/mol. The van der Waals surface area contributed by atoms with Crippen LogP contribution in [0.2, 0.25) is 0 Å². The van der Waals surface area contributed by atoms with Gasteiger partial charge < -0.3 is 15.2 Å². The maximum absolute atomic E-state index is 12.3. The minimum absolute atomic E-state index is 0.217. The van der Waals surface area contributed by atoms with Crippen molar-refractivity contribution in [2.75, 3.05) is 13.2 Å². The molecule has 1 rings (SSSR count). The zero-order valence-electron chi connectivity index (χ0n) is 10.9. The Kier molecular flexibility index (Phi) is 5.62. The van der Waals surface area contributed by atoms with Crippen molar-refractivity contribution in [3.63, 3.8) is 0 Å². The van der Waals surface area contributed by atoms with E-state index in [9.17, 15) is 13.2 Å². The highest BCUT2D eigenvalue weighted by Crippen LogP contribution is 2.26. The molecule has 0 fully saturated rings. The summed E-state index contributed by atoms with van der Waals surface area (Å²) in [6.45, 7) is 3.03. The van der Waals surface area contributed by atoms with Gasteiger partial charge >= 0.3 is 6.18 Å². The molecule has 6 heteroatoms. The Bertz CT molecular complexity index is 396. The van der Waals surface area contributed by atoms with E-state index in [-0.39, 0.29) is 6.61 Å². The fourth-order valence-corrected chi connectivity index (χ4v) is 1.51. The van der Waals surface area contributed by atoms with E-state index in [0.29, 0.717) is 17.9 Å². The third-order valence-electron chi connectivity index (χ3n) is 2.61. The minimum Gasteiger partial charge on any atom is -0.494 e. The highest BCUT2D eigenvalue weighted by atomic mass is 19.4. The highest BCUT2D eigenvalue weighted by Gasteiger charge is 2.37. The Morgan fingerprint density at radius 3 is 2.47 bits per heavy atom. The zero-order valence-corrected chi connectivity index (χ0v) is 10.9. The molecule has 2 N–H and O–H groups in total. The number of benzene rings is 1. The second kappa shape index (κ2) is 6.77. The number of ether oxygens (including phenoxy) is 2. The highest BCUT2D eigenvalue weighted by molar-refractivity contribution is 5.35. The molecular weight excluding hydrogens is 259 g/mol. The van der Waals surface area contributed by atoms with Gasteiger partial charge in [-0.15, -0.1) is 0 Å². The number of hydrogen-bond acceptors (Lipinski definition) is 3. The Balaban J connectivity index is 2.65. The van der Waals surface area contributed by atoms with Crippen LogP contribution in [0.5, 0.6) is 5.75 Å². The number of alkyl halides is 3. The Labute approximate surface area is 110 Å². The van der Waals surface area contributed by atoms with Gasteiger partial charge in [0.1, 0.15) is 5.75 Å². The van der Waals surface area contributed by atoms with Crippen LogP contribution in [-0.2, 0) is 4.74 Å². The molecule has 0 aliphatic heterocycles. The minimum atomic E-state index is -4.38. The molecule has 0 aromatic heterocycles. The first-order valence-electron chi connectivity index (χ1n) is 6.01. The molecule has 1 aromatic carbocycles. The van der Waals surface area contributed by atoms with Gasteiger partial charge in [0.25, 0.3) is 0 Å². The van der Waals surface area contributed by atoms with E-state index in [4.69, 9.17) is 15.2 Å². The van der Waals surface area contributed by atoms with E-state index < -0.39 is 18.3 Å². The van der Waals surface area contributed by atoms with Crippen LogP contribution in [0, 0.1) is 0 Å². The van der Waals surface area contributed by atoms with Crippen molar-refractivity contribution in [3.05, 3.63) is 29.8 Å². The molecule has 0 heterocycles. The Morgan fingerprint density at radius 1 is 1.26 bits per heavy atom. The lowest BCUT2D eigenvalue weighted by Gasteiger charge is -2.20. The molecule has 1 aromatic rings. The second-order valence-electron chi connectivity index (χ2n) is 4.09. The Morgan fingerprint density at radius 2 is 1.89 bits per heavy atom. The third-order valence-corrected chi connectivity index (χ3v) is 2.61. The summed E-state index contributed by atoms with van der Waals surface area (Å²) in [4.78, 5) is 0. The van der Waals surface area contributed by atoms with Gasteiger partial charge in [-0.3, -0.25) is 0 Å². The zero-order chi connectivity index (χ0) is 14.5. The first-order valence-corrected chi connectivity index (χ1v) is 6.01. The van der Waals surface area contributed by atoms with E-state index in [1.54, 1.807) is 24.3 Å². The number of rotatable bonds is 6. The fourth-order valence-electron chi connectivity index (χ4n) is 1.51. The summed E-state index contributed by atoms with van der Waals surface area (Å²) in [5.74, 6) is 0.570. The van der Waals surface area contributed by atoms with Crippen LogP contribution >= 0.6 is 0 Å². The predicted molar refractivity (Wildman–Crippen MR) is 66.0 cm³/mol. The van der Waals surface area contributed by atoms with E-state index >= 15 is 0 Å². The number of halogens is 3. The van der Waals surface area contributed by atoms with Gasteiger partial charge in [0.15, 0.2) is 6.10 Å². The standard InChI is InChI=1S/C13H18F3NO2/c1-3-18-12-7-5-4-6-10(12)11(17)8-19-9(2)13(14,15)16/h4-7,9,11H,3,8,17H2,1-2H3. The molecule has 0 aliphatic carbocycles. The number of para-hydroxylation sites is 1. The molecular formula is C13H18F3NO2. The fraction of sp³-hybridized carbons (Fsp3) is 0.538. The van der Waals surface area contributed by atoms with Gasteiger partial charge in [0, 0.05) is 5.56 Å². The average Bonchev–Trinajstić information content (AvgIpc) is 2.35. The topological polar surface area (TPSA) is 44.5 Å². The molecule has 0 bridgehead atoms. The van der Waals surface area contributed by atoms with E-state index in [1.165, 1.54) is 0 Å². The van der Waals surface area contributed by atoms with Crippen molar-refractivity contribution in [1.29, 1.82) is 0 Å². The van der Waals surface area contributed by atoms with E-state index in [0.717, 1.165) is 6.92 Å². The van der Waals surface area contributed by atoms with Gasteiger partial charge in [0.2, 0.25) is 0 Å². The molecule has 108 valence electrons. The molecule has 0 spiro atoms. The normalized spacial score (nSPS) is 15.1. The molecule has 0 amide bonds. The van der Waals surface area contributed by atoms with Crippen LogP contribution in [0.4, 0.5) is 13.2 Å². The van der Waals surface area contributed by atoms with Crippen LogP contribution in [0.15, 0.2) is 24.3 Å². The molecule has 2 atom stereocenters. The average molecular weight is 277 g/mol. The maximum Gasteiger partial charge on any atom is 0.414 e. The van der Waals surface area contributed by atoms with Crippen molar-refractivity contribution in [2.45, 2.75) is 32.2 Å². The van der Waals surface area contributed by atoms with E-state index in [2.05, 4.69) is 0 Å². The van der Waals surface area contributed by atoms with Gasteiger partial charge in [-0.1, -0.05) is 18.2 Å². The first-order chi connectivity index (χ1) is 8.86. The third kappa shape index (κ3) is 4.72. The van der Waals surface area contributed by atoms with E-state index in [1.807, 2.05) is 6.92 Å². The van der Waals surface area contributed by atoms with Gasteiger partial charge in [-0.2, -0.15) is 13.2 Å². The second-order valence-corrected chi connectivity index (χ2v) is 4.09. The smallest absolute Gasteiger partial charge is 0.414 e. The molecule has 0 radical (unpaired) electrons. The van der Waals surface area contributed by atoms with Crippen molar-refractivity contribution >= 4 is 0 Å². The SMILES string of the molecule is CCOc1ccccc1C(N)COC(C)C(F)(F)F. The van der Waals surface area contributed by atoms with Crippen LogP contribution in [-0.4, -0.2) is 25.5 Å². The molecule has 2 unspecified atom stereocenters. The van der Waals surface area contributed by atoms with Crippen molar-refractivity contribution in [3.8, 4) is 5.75 Å². The number of hydrogen-bond donors (Lipinski definition) is 1. The lowest BCUT2D eigenvalue weighted by Crippen LogP contribution is -2.31. The molecule has 19 heavy (non-hydrogen) atoms. The van der Waals surface area contributed by atoms with Crippen molar-refractivity contribution in [2.24, 2.45) is 5.73 Å². The van der Waals surface area contributed by atoms with Gasteiger partial charge in [-0.25, -0.2) is 0 Å². The summed E-state index contributed by atoms with van der Waals surface area (Å²) in [6, 6.07) is 6.32. The Hall–Kier alpha value is -1.27. The van der Waals surface area contributed by atoms with Gasteiger partial charge in [-0.05, 0) is 19.9 Å².